The average molecular weight is 400 g/mol. The van der Waals surface area contributed by atoms with Crippen molar-refractivity contribution in [2.45, 2.75) is 42.0 Å². The van der Waals surface area contributed by atoms with E-state index in [9.17, 15) is 9.59 Å². The highest BCUT2D eigenvalue weighted by Gasteiger charge is 2.35. The number of benzene rings is 1. The minimum atomic E-state index is -1.61. The van der Waals surface area contributed by atoms with Crippen molar-refractivity contribution >= 4 is 58.2 Å². The first kappa shape index (κ1) is 20.6. The molecule has 0 aliphatic carbocycles. The smallest absolute Gasteiger partial charge is 0.306 e. The number of ketones is 1. The van der Waals surface area contributed by atoms with E-state index in [1.807, 2.05) is 0 Å². The van der Waals surface area contributed by atoms with E-state index in [0.29, 0.717) is 5.56 Å². The minimum absolute atomic E-state index is 0.0581. The molecule has 0 saturated carbocycles. The summed E-state index contributed by atoms with van der Waals surface area (Å²) in [6.07, 6.45) is -0.505. The first-order chi connectivity index (χ1) is 10.6. The Hall–Kier alpha value is -0.480. The minimum Gasteiger partial charge on any atom is -0.463 e. The highest BCUT2D eigenvalue weighted by Crippen LogP contribution is 2.37. The van der Waals surface area contributed by atoms with Crippen LogP contribution < -0.4 is 0 Å². The van der Waals surface area contributed by atoms with Gasteiger partial charge in [-0.3, -0.25) is 9.59 Å². The molecule has 0 amide bonds. The van der Waals surface area contributed by atoms with Crippen molar-refractivity contribution in [3.8, 4) is 0 Å². The van der Waals surface area contributed by atoms with Crippen molar-refractivity contribution in [2.75, 3.05) is 0 Å². The van der Waals surface area contributed by atoms with E-state index in [-0.39, 0.29) is 24.7 Å². The van der Waals surface area contributed by atoms with Crippen molar-refractivity contribution in [1.29, 1.82) is 0 Å². The molecule has 0 N–H and O–H groups in total. The van der Waals surface area contributed by atoms with Crippen LogP contribution in [0.25, 0.3) is 0 Å². The summed E-state index contributed by atoms with van der Waals surface area (Å²) < 4.78 is 3.49. The summed E-state index contributed by atoms with van der Waals surface area (Å²) in [5.74, 6) is -1.62. The summed E-state index contributed by atoms with van der Waals surface area (Å²) in [6.45, 7) is 3.46. The number of ether oxygens (including phenoxy) is 1. The van der Waals surface area contributed by atoms with Crippen molar-refractivity contribution in [2.24, 2.45) is 5.92 Å². The molecular formula is C16H18Cl4O3. The third-order valence-corrected chi connectivity index (χ3v) is 3.93. The molecule has 1 aromatic carbocycles. The van der Waals surface area contributed by atoms with Crippen LogP contribution in [0.5, 0.6) is 0 Å². The Kier molecular flexibility index (Phi) is 8.15. The normalized spacial score (nSPS) is 14.4. The summed E-state index contributed by atoms with van der Waals surface area (Å²) in [4.78, 5) is 24.6. The molecule has 0 aliphatic rings. The molecule has 7 heteroatoms. The monoisotopic (exact) mass is 398 g/mol. The Morgan fingerprint density at radius 1 is 1.13 bits per heavy atom. The summed E-state index contributed by atoms with van der Waals surface area (Å²) in [7, 11) is 0. The van der Waals surface area contributed by atoms with Gasteiger partial charge in [-0.05, 0) is 13.8 Å². The molecule has 23 heavy (non-hydrogen) atoms. The molecule has 0 aromatic heterocycles. The molecule has 0 spiro atoms. The fourth-order valence-corrected chi connectivity index (χ4v) is 3.23. The quantitative estimate of drug-likeness (QED) is 0.359. The van der Waals surface area contributed by atoms with Crippen molar-refractivity contribution in [3.05, 3.63) is 35.9 Å². The number of halogens is 4. The van der Waals surface area contributed by atoms with Gasteiger partial charge in [-0.25, -0.2) is 0 Å². The second-order valence-electron chi connectivity index (χ2n) is 5.41. The maximum atomic E-state index is 12.7. The number of carbonyl (C=O) groups is 2. The Labute approximate surface area is 156 Å². The van der Waals surface area contributed by atoms with Crippen LogP contribution >= 0.6 is 46.4 Å². The van der Waals surface area contributed by atoms with Gasteiger partial charge in [-0.2, -0.15) is 0 Å². The number of esters is 1. The second kappa shape index (κ2) is 9.12. The van der Waals surface area contributed by atoms with Crippen molar-refractivity contribution < 1.29 is 14.3 Å². The molecular weight excluding hydrogens is 382 g/mol. The standard InChI is InChI=1S/C16H18Cl4O3/c1-10(2)23-14(21)8-12(13(17)9-16(18,19)20)15(22)11-6-4-3-5-7-11/h3-7,10,12-13H,8-9H2,1-2H3. The molecule has 0 fully saturated rings. The summed E-state index contributed by atoms with van der Waals surface area (Å²) in [6, 6.07) is 8.56. The Balaban J connectivity index is 2.96. The van der Waals surface area contributed by atoms with Crippen molar-refractivity contribution in [1.82, 2.24) is 0 Å². The predicted octanol–water partition coefficient (Wildman–Crippen LogP) is 5.19. The zero-order valence-electron chi connectivity index (χ0n) is 12.8. The van der Waals surface area contributed by atoms with Crippen LogP contribution in [0.3, 0.4) is 0 Å². The first-order valence-corrected chi connectivity index (χ1v) is 8.66. The number of Topliss-reactive ketones (excluding diaryl/α,β-unsaturated/α-hetero) is 1. The summed E-state index contributed by atoms with van der Waals surface area (Å²) in [5.41, 5.74) is 0.449. The van der Waals surface area contributed by atoms with Gasteiger partial charge in [0.15, 0.2) is 9.58 Å². The molecule has 3 nitrogen and oxygen atoms in total. The topological polar surface area (TPSA) is 43.4 Å². The Bertz CT molecular complexity index is 526. The molecule has 128 valence electrons. The van der Waals surface area contributed by atoms with Crippen LogP contribution in [0.1, 0.15) is 37.0 Å². The number of hydrogen-bond donors (Lipinski definition) is 0. The second-order valence-corrected chi connectivity index (χ2v) is 8.49. The SMILES string of the molecule is CC(C)OC(=O)CC(C(=O)c1ccccc1)C(Cl)CC(Cl)(Cl)Cl. The third kappa shape index (κ3) is 7.75. The van der Waals surface area contributed by atoms with Gasteiger partial charge in [0.1, 0.15) is 0 Å². The number of rotatable bonds is 7. The molecule has 2 unspecified atom stereocenters. The van der Waals surface area contributed by atoms with Gasteiger partial charge in [0.05, 0.1) is 12.5 Å². The molecule has 2 atom stereocenters. The number of hydrogen-bond acceptors (Lipinski definition) is 3. The zero-order chi connectivity index (χ0) is 17.6. The van der Waals surface area contributed by atoms with E-state index < -0.39 is 21.1 Å². The average Bonchev–Trinajstić information content (AvgIpc) is 2.42. The van der Waals surface area contributed by atoms with Gasteiger partial charge < -0.3 is 4.74 Å². The Morgan fingerprint density at radius 2 is 1.70 bits per heavy atom. The number of alkyl halides is 4. The van der Waals surface area contributed by atoms with E-state index in [1.165, 1.54) is 0 Å². The maximum absolute atomic E-state index is 12.7. The molecule has 1 aromatic rings. The maximum Gasteiger partial charge on any atom is 0.306 e. The van der Waals surface area contributed by atoms with Gasteiger partial charge in [-0.1, -0.05) is 65.1 Å². The fraction of sp³-hybridized carbons (Fsp3) is 0.500. The first-order valence-electron chi connectivity index (χ1n) is 7.09. The van der Waals surface area contributed by atoms with E-state index in [1.54, 1.807) is 44.2 Å². The van der Waals surface area contributed by atoms with Gasteiger partial charge in [0.25, 0.3) is 0 Å². The van der Waals surface area contributed by atoms with Crippen LogP contribution in [0.15, 0.2) is 30.3 Å². The van der Waals surface area contributed by atoms with E-state index in [0.717, 1.165) is 0 Å². The lowest BCUT2D eigenvalue weighted by atomic mass is 9.90. The molecule has 0 bridgehead atoms. The molecule has 1 rings (SSSR count). The molecule has 0 heterocycles. The molecule has 0 radical (unpaired) electrons. The van der Waals surface area contributed by atoms with Gasteiger partial charge in [0, 0.05) is 23.3 Å². The van der Waals surface area contributed by atoms with Gasteiger partial charge >= 0.3 is 5.97 Å². The van der Waals surface area contributed by atoms with Crippen LogP contribution in [-0.2, 0) is 9.53 Å². The number of carbonyl (C=O) groups excluding carboxylic acids is 2. The zero-order valence-corrected chi connectivity index (χ0v) is 15.8. The van der Waals surface area contributed by atoms with E-state index >= 15 is 0 Å². The molecule has 0 aliphatic heterocycles. The largest absolute Gasteiger partial charge is 0.463 e. The Morgan fingerprint density at radius 3 is 2.17 bits per heavy atom. The lowest BCUT2D eigenvalue weighted by Gasteiger charge is -2.24. The fourth-order valence-electron chi connectivity index (χ4n) is 2.06. The van der Waals surface area contributed by atoms with Crippen LogP contribution in [0.2, 0.25) is 0 Å². The highest BCUT2D eigenvalue weighted by atomic mass is 35.6. The van der Waals surface area contributed by atoms with Crippen LogP contribution in [0.4, 0.5) is 0 Å². The lowest BCUT2D eigenvalue weighted by Crippen LogP contribution is -2.31. The van der Waals surface area contributed by atoms with E-state index in [2.05, 4.69) is 0 Å². The van der Waals surface area contributed by atoms with Crippen LogP contribution in [-0.4, -0.2) is 27.0 Å². The lowest BCUT2D eigenvalue weighted by molar-refractivity contribution is -0.148. The predicted molar refractivity (Wildman–Crippen MR) is 94.7 cm³/mol. The van der Waals surface area contributed by atoms with Crippen LogP contribution in [0, 0.1) is 5.92 Å². The van der Waals surface area contributed by atoms with Crippen molar-refractivity contribution in [3.63, 3.8) is 0 Å². The van der Waals surface area contributed by atoms with Gasteiger partial charge in [-0.15, -0.1) is 11.6 Å². The summed E-state index contributed by atoms with van der Waals surface area (Å²) in [5, 5.41) is -0.810. The molecule has 0 saturated heterocycles. The highest BCUT2D eigenvalue weighted by molar-refractivity contribution is 6.67. The third-order valence-electron chi connectivity index (χ3n) is 3.01. The van der Waals surface area contributed by atoms with Gasteiger partial charge in [0.2, 0.25) is 0 Å². The summed E-state index contributed by atoms with van der Waals surface area (Å²) >= 11 is 23.6. The van der Waals surface area contributed by atoms with E-state index in [4.69, 9.17) is 51.1 Å².